The fourth-order valence-corrected chi connectivity index (χ4v) is 1.91. The summed E-state index contributed by atoms with van der Waals surface area (Å²) >= 11 is 5.89. The second kappa shape index (κ2) is 7.64. The van der Waals surface area contributed by atoms with Crippen molar-refractivity contribution in [1.29, 1.82) is 0 Å². The minimum absolute atomic E-state index is 0.00724. The maximum absolute atomic E-state index is 13.7. The molecule has 22 heavy (non-hydrogen) atoms. The van der Waals surface area contributed by atoms with Crippen LogP contribution in [0.2, 0.25) is 5.02 Å². The third kappa shape index (κ3) is 5.03. The summed E-state index contributed by atoms with van der Waals surface area (Å²) in [6.45, 7) is -0.751. The van der Waals surface area contributed by atoms with Crippen LogP contribution >= 0.6 is 11.6 Å². The van der Waals surface area contributed by atoms with Gasteiger partial charge in [-0.1, -0.05) is 17.7 Å². The number of aliphatic hydroxyl groups excluding tert-OH is 1. The molecule has 0 radical (unpaired) electrons. The van der Waals surface area contributed by atoms with Crippen molar-refractivity contribution < 1.29 is 22.7 Å². The average Bonchev–Trinajstić information content (AvgIpc) is 2.42. The first-order chi connectivity index (χ1) is 10.2. The van der Waals surface area contributed by atoms with Crippen LogP contribution in [0.5, 0.6) is 0 Å². The number of nitrogens with zero attached hydrogens (tertiary/aromatic N) is 2. The molecule has 1 unspecified atom stereocenters. The average molecular weight is 342 g/mol. The predicted octanol–water partition coefficient (Wildman–Crippen LogP) is 2.41. The van der Waals surface area contributed by atoms with Crippen molar-refractivity contribution in [3.8, 4) is 0 Å². The van der Waals surface area contributed by atoms with E-state index in [0.29, 0.717) is 0 Å². The monoisotopic (exact) mass is 341 g/mol. The zero-order chi connectivity index (χ0) is 16.9. The highest BCUT2D eigenvalue weighted by Crippen LogP contribution is 2.21. The van der Waals surface area contributed by atoms with Gasteiger partial charge in [0.25, 0.3) is 0 Å². The van der Waals surface area contributed by atoms with Crippen molar-refractivity contribution in [2.75, 3.05) is 20.6 Å². The van der Waals surface area contributed by atoms with Crippen LogP contribution in [-0.2, 0) is 6.54 Å². The molecule has 0 saturated heterocycles. The maximum Gasteiger partial charge on any atom is 0.416 e. The fourth-order valence-electron chi connectivity index (χ4n) is 1.68. The molecular formula is C13H16ClF4N3O. The Morgan fingerprint density at radius 1 is 1.45 bits per heavy atom. The molecule has 1 aromatic carbocycles. The third-order valence-corrected chi connectivity index (χ3v) is 3.22. The SMILES string of the molecule is CN=C(NCC(O)C(F)(F)F)N(C)Cc1c(F)cccc1Cl. The molecule has 0 aromatic heterocycles. The minimum Gasteiger partial charge on any atom is -0.382 e. The number of nitrogens with one attached hydrogen (secondary N) is 1. The fraction of sp³-hybridized carbons (Fsp3) is 0.462. The Labute approximate surface area is 130 Å². The Morgan fingerprint density at radius 2 is 2.09 bits per heavy atom. The molecule has 0 fully saturated rings. The van der Waals surface area contributed by atoms with Crippen molar-refractivity contribution in [3.63, 3.8) is 0 Å². The smallest absolute Gasteiger partial charge is 0.382 e. The van der Waals surface area contributed by atoms with E-state index in [1.165, 1.54) is 37.2 Å². The maximum atomic E-state index is 13.7. The summed E-state index contributed by atoms with van der Waals surface area (Å²) in [5, 5.41) is 11.5. The van der Waals surface area contributed by atoms with Gasteiger partial charge >= 0.3 is 6.18 Å². The van der Waals surface area contributed by atoms with E-state index in [-0.39, 0.29) is 23.1 Å². The molecule has 0 aliphatic carbocycles. The second-order valence-electron chi connectivity index (χ2n) is 4.54. The summed E-state index contributed by atoms with van der Waals surface area (Å²) in [5.41, 5.74) is 0.200. The Bertz CT molecular complexity index is 516. The first kappa shape index (κ1) is 18.5. The molecule has 0 spiro atoms. The molecule has 0 saturated carbocycles. The lowest BCUT2D eigenvalue weighted by Gasteiger charge is -2.24. The highest BCUT2D eigenvalue weighted by Gasteiger charge is 2.38. The van der Waals surface area contributed by atoms with E-state index in [0.717, 1.165) is 0 Å². The summed E-state index contributed by atoms with van der Waals surface area (Å²) < 4.78 is 50.4. The molecule has 1 rings (SSSR count). The first-order valence-electron chi connectivity index (χ1n) is 6.26. The van der Waals surface area contributed by atoms with E-state index < -0.39 is 24.6 Å². The number of rotatable bonds is 4. The van der Waals surface area contributed by atoms with Gasteiger partial charge in [-0.05, 0) is 12.1 Å². The number of hydrogen-bond acceptors (Lipinski definition) is 2. The van der Waals surface area contributed by atoms with Crippen LogP contribution in [-0.4, -0.2) is 48.9 Å². The zero-order valence-corrected chi connectivity index (χ0v) is 12.7. The number of alkyl halides is 3. The van der Waals surface area contributed by atoms with Gasteiger partial charge in [0.2, 0.25) is 0 Å². The largest absolute Gasteiger partial charge is 0.416 e. The molecule has 2 N–H and O–H groups in total. The molecule has 9 heteroatoms. The molecular weight excluding hydrogens is 326 g/mol. The lowest BCUT2D eigenvalue weighted by molar-refractivity contribution is -0.201. The van der Waals surface area contributed by atoms with Crippen LogP contribution in [0.15, 0.2) is 23.2 Å². The van der Waals surface area contributed by atoms with Gasteiger partial charge < -0.3 is 15.3 Å². The Hall–Kier alpha value is -1.54. The van der Waals surface area contributed by atoms with Crippen molar-refractivity contribution in [2.45, 2.75) is 18.8 Å². The van der Waals surface area contributed by atoms with Gasteiger partial charge in [-0.25, -0.2) is 4.39 Å². The quantitative estimate of drug-likeness (QED) is 0.502. The van der Waals surface area contributed by atoms with Crippen LogP contribution in [0.3, 0.4) is 0 Å². The van der Waals surface area contributed by atoms with Gasteiger partial charge in [0.1, 0.15) is 5.82 Å². The van der Waals surface area contributed by atoms with Crippen LogP contribution in [0.4, 0.5) is 17.6 Å². The van der Waals surface area contributed by atoms with Crippen LogP contribution in [0.1, 0.15) is 5.56 Å². The van der Waals surface area contributed by atoms with E-state index in [1.807, 2.05) is 0 Å². The van der Waals surface area contributed by atoms with Crippen LogP contribution < -0.4 is 5.32 Å². The third-order valence-electron chi connectivity index (χ3n) is 2.86. The molecule has 1 aromatic rings. The number of guanidine groups is 1. The number of halogens is 5. The van der Waals surface area contributed by atoms with Crippen molar-refractivity contribution in [2.24, 2.45) is 4.99 Å². The molecule has 0 heterocycles. The normalized spacial score (nSPS) is 13.9. The molecule has 1 atom stereocenters. The topological polar surface area (TPSA) is 47.9 Å². The first-order valence-corrected chi connectivity index (χ1v) is 6.64. The van der Waals surface area contributed by atoms with Gasteiger partial charge in [-0.15, -0.1) is 0 Å². The van der Waals surface area contributed by atoms with E-state index in [4.69, 9.17) is 16.7 Å². The summed E-state index contributed by atoms with van der Waals surface area (Å²) in [6, 6.07) is 4.20. The van der Waals surface area contributed by atoms with Gasteiger partial charge in [0.05, 0.1) is 6.54 Å². The van der Waals surface area contributed by atoms with E-state index in [1.54, 1.807) is 0 Å². The Morgan fingerprint density at radius 3 is 2.59 bits per heavy atom. The predicted molar refractivity (Wildman–Crippen MR) is 76.3 cm³/mol. The lowest BCUT2D eigenvalue weighted by Crippen LogP contribution is -2.45. The molecule has 0 amide bonds. The van der Waals surface area contributed by atoms with E-state index in [9.17, 15) is 17.6 Å². The zero-order valence-electron chi connectivity index (χ0n) is 12.0. The summed E-state index contributed by atoms with van der Waals surface area (Å²) in [7, 11) is 2.87. The van der Waals surface area contributed by atoms with Crippen molar-refractivity contribution in [1.82, 2.24) is 10.2 Å². The van der Waals surface area contributed by atoms with Crippen LogP contribution in [0.25, 0.3) is 0 Å². The molecule has 0 aliphatic heterocycles. The summed E-state index contributed by atoms with van der Waals surface area (Å²) in [6.07, 6.45) is -7.24. The van der Waals surface area contributed by atoms with E-state index in [2.05, 4.69) is 10.3 Å². The number of benzene rings is 1. The Balaban J connectivity index is 2.72. The second-order valence-corrected chi connectivity index (χ2v) is 4.95. The standard InChI is InChI=1S/C13H16ClF4N3O/c1-19-12(20-6-11(22)13(16,17)18)21(2)7-8-9(14)4-3-5-10(8)15/h3-5,11,22H,6-7H2,1-2H3,(H,19,20). The molecule has 0 aliphatic rings. The number of hydrogen-bond donors (Lipinski definition) is 2. The van der Waals surface area contributed by atoms with Crippen molar-refractivity contribution in [3.05, 3.63) is 34.6 Å². The number of aliphatic hydroxyl groups is 1. The summed E-state index contributed by atoms with van der Waals surface area (Å²) in [4.78, 5) is 5.18. The van der Waals surface area contributed by atoms with Gasteiger partial charge in [-0.3, -0.25) is 4.99 Å². The lowest BCUT2D eigenvalue weighted by atomic mass is 10.2. The van der Waals surface area contributed by atoms with Crippen molar-refractivity contribution >= 4 is 17.6 Å². The highest BCUT2D eigenvalue weighted by molar-refractivity contribution is 6.31. The number of aliphatic imine (C=N–C) groups is 1. The van der Waals surface area contributed by atoms with Gasteiger partial charge in [0.15, 0.2) is 12.1 Å². The van der Waals surface area contributed by atoms with E-state index >= 15 is 0 Å². The molecule has 4 nitrogen and oxygen atoms in total. The minimum atomic E-state index is -4.72. The van der Waals surface area contributed by atoms with Crippen LogP contribution in [0, 0.1) is 5.82 Å². The van der Waals surface area contributed by atoms with Gasteiger partial charge in [-0.2, -0.15) is 13.2 Å². The summed E-state index contributed by atoms with van der Waals surface area (Å²) in [5.74, 6) is -0.451. The molecule has 0 bridgehead atoms. The highest BCUT2D eigenvalue weighted by atomic mass is 35.5. The Kier molecular flexibility index (Phi) is 6.43. The van der Waals surface area contributed by atoms with Gasteiger partial charge in [0, 0.05) is 31.2 Å². The molecule has 124 valence electrons.